The molecule has 1 aliphatic carbocycles. The molecular weight excluding hydrogens is 282 g/mol. The van der Waals surface area contributed by atoms with Crippen LogP contribution in [0.15, 0.2) is 66.7 Å². The van der Waals surface area contributed by atoms with E-state index >= 15 is 0 Å². The molecule has 0 bridgehead atoms. The van der Waals surface area contributed by atoms with Crippen molar-refractivity contribution in [2.75, 3.05) is 0 Å². The minimum absolute atomic E-state index is 0.0400. The van der Waals surface area contributed by atoms with Gasteiger partial charge in [0, 0.05) is 5.92 Å². The van der Waals surface area contributed by atoms with E-state index in [-0.39, 0.29) is 17.9 Å². The first-order valence-corrected chi connectivity index (χ1v) is 8.35. The molecule has 0 saturated heterocycles. The Labute approximate surface area is 138 Å². The maximum Gasteiger partial charge on any atom is 0.223 e. The largest absolute Gasteiger partial charge is 0.349 e. The van der Waals surface area contributed by atoms with Crippen molar-refractivity contribution in [2.24, 2.45) is 5.92 Å². The summed E-state index contributed by atoms with van der Waals surface area (Å²) in [5.41, 5.74) is 3.56. The Morgan fingerprint density at radius 2 is 1.70 bits per heavy atom. The topological polar surface area (TPSA) is 29.1 Å². The highest BCUT2D eigenvalue weighted by Gasteiger charge is 2.20. The normalized spacial score (nSPS) is 18.4. The van der Waals surface area contributed by atoms with E-state index in [2.05, 4.69) is 53.9 Å². The van der Waals surface area contributed by atoms with E-state index in [1.54, 1.807) is 0 Å². The first-order valence-electron chi connectivity index (χ1n) is 8.35. The van der Waals surface area contributed by atoms with Crippen LogP contribution in [0.2, 0.25) is 0 Å². The zero-order valence-corrected chi connectivity index (χ0v) is 13.5. The molecule has 2 aromatic carbocycles. The summed E-state index contributed by atoms with van der Waals surface area (Å²) in [6.45, 7) is 2.05. The lowest BCUT2D eigenvalue weighted by atomic mass is 9.93. The fourth-order valence-corrected chi connectivity index (χ4v) is 3.04. The number of nitrogens with one attached hydrogen (secondary N) is 1. The van der Waals surface area contributed by atoms with Gasteiger partial charge in [-0.3, -0.25) is 4.79 Å². The van der Waals surface area contributed by atoms with E-state index < -0.39 is 0 Å². The summed E-state index contributed by atoms with van der Waals surface area (Å²) < 4.78 is 0. The van der Waals surface area contributed by atoms with Crippen LogP contribution in [0.25, 0.3) is 11.1 Å². The second-order valence-corrected chi connectivity index (χ2v) is 6.20. The molecule has 2 aromatic rings. The predicted molar refractivity (Wildman–Crippen MR) is 94.9 cm³/mol. The van der Waals surface area contributed by atoms with Gasteiger partial charge >= 0.3 is 0 Å². The average Bonchev–Trinajstić information content (AvgIpc) is 2.63. The number of rotatable bonds is 4. The van der Waals surface area contributed by atoms with Crippen molar-refractivity contribution in [1.29, 1.82) is 0 Å². The number of carbonyl (C=O) groups excluding carboxylic acids is 1. The second-order valence-electron chi connectivity index (χ2n) is 6.20. The molecule has 0 aliphatic heterocycles. The highest BCUT2D eigenvalue weighted by molar-refractivity contribution is 5.79. The summed E-state index contributed by atoms with van der Waals surface area (Å²) in [7, 11) is 0. The first kappa shape index (κ1) is 15.5. The van der Waals surface area contributed by atoms with Crippen LogP contribution in [-0.2, 0) is 4.79 Å². The smallest absolute Gasteiger partial charge is 0.223 e. The molecule has 0 saturated carbocycles. The minimum Gasteiger partial charge on any atom is -0.349 e. The third kappa shape index (κ3) is 3.89. The quantitative estimate of drug-likeness (QED) is 0.801. The van der Waals surface area contributed by atoms with E-state index in [9.17, 15) is 4.79 Å². The standard InChI is InChI=1S/C21H23NO/c1-16(22-21(23)20-10-6-3-7-11-20)17-12-14-19(15-13-17)18-8-4-2-5-9-18/h2-6,8-9,12-16,20H,7,10-11H2,1H3,(H,22,23). The Balaban J connectivity index is 1.64. The van der Waals surface area contributed by atoms with Crippen LogP contribution in [0.4, 0.5) is 0 Å². The Bertz CT molecular complexity index is 673. The Kier molecular flexibility index (Phi) is 4.92. The molecule has 2 heteroatoms. The van der Waals surface area contributed by atoms with Gasteiger partial charge in [-0.25, -0.2) is 0 Å². The Morgan fingerprint density at radius 1 is 1.00 bits per heavy atom. The molecule has 2 nitrogen and oxygen atoms in total. The molecule has 0 fully saturated rings. The van der Waals surface area contributed by atoms with Gasteiger partial charge in [0.05, 0.1) is 6.04 Å². The molecule has 0 aromatic heterocycles. The molecule has 23 heavy (non-hydrogen) atoms. The van der Waals surface area contributed by atoms with Gasteiger partial charge in [0.1, 0.15) is 0 Å². The average molecular weight is 305 g/mol. The molecule has 2 atom stereocenters. The van der Waals surface area contributed by atoms with Crippen LogP contribution >= 0.6 is 0 Å². The molecule has 118 valence electrons. The Morgan fingerprint density at radius 3 is 2.35 bits per heavy atom. The van der Waals surface area contributed by atoms with E-state index in [4.69, 9.17) is 0 Å². The molecule has 1 amide bonds. The molecular formula is C21H23NO. The summed E-state index contributed by atoms with van der Waals surface area (Å²) in [4.78, 5) is 12.3. The zero-order valence-electron chi connectivity index (χ0n) is 13.5. The fourth-order valence-electron chi connectivity index (χ4n) is 3.04. The van der Waals surface area contributed by atoms with E-state index in [0.717, 1.165) is 24.8 Å². The molecule has 0 heterocycles. The van der Waals surface area contributed by atoms with Crippen LogP contribution in [0, 0.1) is 5.92 Å². The SMILES string of the molecule is CC(NC(=O)C1CC=CCC1)c1ccc(-c2ccccc2)cc1. The fraction of sp³-hybridized carbons (Fsp3) is 0.286. The zero-order chi connectivity index (χ0) is 16.1. The third-order valence-corrected chi connectivity index (χ3v) is 4.52. The van der Waals surface area contributed by atoms with Gasteiger partial charge in [0.15, 0.2) is 0 Å². The number of amides is 1. The van der Waals surface area contributed by atoms with Crippen molar-refractivity contribution in [3.63, 3.8) is 0 Å². The second kappa shape index (κ2) is 7.28. The molecule has 1 N–H and O–H groups in total. The maximum absolute atomic E-state index is 12.3. The van der Waals surface area contributed by atoms with Gasteiger partial charge in [0.25, 0.3) is 0 Å². The van der Waals surface area contributed by atoms with Crippen molar-refractivity contribution in [2.45, 2.75) is 32.2 Å². The lowest BCUT2D eigenvalue weighted by Gasteiger charge is -2.21. The van der Waals surface area contributed by atoms with Gasteiger partial charge in [-0.05, 0) is 42.9 Å². The summed E-state index contributed by atoms with van der Waals surface area (Å²) in [5.74, 6) is 0.306. The number of hydrogen-bond acceptors (Lipinski definition) is 1. The lowest BCUT2D eigenvalue weighted by molar-refractivity contribution is -0.125. The molecule has 1 aliphatic rings. The lowest BCUT2D eigenvalue weighted by Crippen LogP contribution is -2.33. The van der Waals surface area contributed by atoms with Crippen molar-refractivity contribution < 1.29 is 4.79 Å². The van der Waals surface area contributed by atoms with Crippen LogP contribution in [0.1, 0.15) is 37.8 Å². The van der Waals surface area contributed by atoms with Crippen molar-refractivity contribution in [3.8, 4) is 11.1 Å². The number of hydrogen-bond donors (Lipinski definition) is 1. The summed E-state index contributed by atoms with van der Waals surface area (Å²) in [5, 5.41) is 3.15. The maximum atomic E-state index is 12.3. The summed E-state index contributed by atoms with van der Waals surface area (Å²) in [6.07, 6.45) is 7.12. The number of carbonyl (C=O) groups is 1. The molecule has 2 unspecified atom stereocenters. The summed E-state index contributed by atoms with van der Waals surface area (Å²) in [6, 6.07) is 18.8. The predicted octanol–water partition coefficient (Wildman–Crippen LogP) is 4.89. The summed E-state index contributed by atoms with van der Waals surface area (Å²) >= 11 is 0. The van der Waals surface area contributed by atoms with Gasteiger partial charge in [-0.2, -0.15) is 0 Å². The van der Waals surface area contributed by atoms with Crippen molar-refractivity contribution in [3.05, 3.63) is 72.3 Å². The van der Waals surface area contributed by atoms with Gasteiger partial charge in [0.2, 0.25) is 5.91 Å². The van der Waals surface area contributed by atoms with E-state index in [0.29, 0.717) is 0 Å². The first-order chi connectivity index (χ1) is 11.2. The van der Waals surface area contributed by atoms with E-state index in [1.807, 2.05) is 25.1 Å². The van der Waals surface area contributed by atoms with Crippen molar-refractivity contribution >= 4 is 5.91 Å². The van der Waals surface area contributed by atoms with Crippen LogP contribution in [0.3, 0.4) is 0 Å². The molecule has 3 rings (SSSR count). The number of allylic oxidation sites excluding steroid dienone is 2. The molecule has 0 spiro atoms. The van der Waals surface area contributed by atoms with E-state index in [1.165, 1.54) is 11.1 Å². The minimum atomic E-state index is 0.0400. The monoisotopic (exact) mass is 305 g/mol. The highest BCUT2D eigenvalue weighted by atomic mass is 16.1. The van der Waals surface area contributed by atoms with Crippen LogP contribution < -0.4 is 5.32 Å². The van der Waals surface area contributed by atoms with Crippen molar-refractivity contribution in [1.82, 2.24) is 5.32 Å². The van der Waals surface area contributed by atoms with Crippen LogP contribution in [0.5, 0.6) is 0 Å². The highest BCUT2D eigenvalue weighted by Crippen LogP contribution is 2.23. The Hall–Kier alpha value is -2.35. The third-order valence-electron chi connectivity index (χ3n) is 4.52. The van der Waals surface area contributed by atoms with Gasteiger partial charge < -0.3 is 5.32 Å². The number of benzene rings is 2. The van der Waals surface area contributed by atoms with Gasteiger partial charge in [-0.15, -0.1) is 0 Å². The van der Waals surface area contributed by atoms with Gasteiger partial charge in [-0.1, -0.05) is 66.7 Å². The molecule has 0 radical (unpaired) electrons. The van der Waals surface area contributed by atoms with Crippen LogP contribution in [-0.4, -0.2) is 5.91 Å².